The van der Waals surface area contributed by atoms with E-state index < -0.39 is 0 Å². The molecule has 0 atom stereocenters. The van der Waals surface area contributed by atoms with Crippen molar-refractivity contribution in [2.45, 2.75) is 25.7 Å². The molecule has 0 spiro atoms. The van der Waals surface area contributed by atoms with Gasteiger partial charge >= 0.3 is 0 Å². The van der Waals surface area contributed by atoms with Crippen molar-refractivity contribution >= 4 is 0 Å². The van der Waals surface area contributed by atoms with Gasteiger partial charge in [0.2, 0.25) is 0 Å². The molecule has 15 heavy (non-hydrogen) atoms. The van der Waals surface area contributed by atoms with Crippen LogP contribution in [0.2, 0.25) is 0 Å². The third kappa shape index (κ3) is 7.17. The molecule has 0 bridgehead atoms. The molecule has 1 heterocycles. The van der Waals surface area contributed by atoms with Crippen molar-refractivity contribution in [3.05, 3.63) is 24.0 Å². The highest BCUT2D eigenvalue weighted by atomic mass is 16.6. The van der Waals surface area contributed by atoms with Crippen molar-refractivity contribution in [1.29, 1.82) is 0 Å². The number of aliphatic hydroxyl groups is 1. The van der Waals surface area contributed by atoms with E-state index in [0.717, 1.165) is 52.1 Å². The van der Waals surface area contributed by atoms with Crippen molar-refractivity contribution in [2.75, 3.05) is 26.4 Å². The summed E-state index contributed by atoms with van der Waals surface area (Å²) < 4.78 is 9.89. The monoisotopic (exact) mass is 212 g/mol. The Bertz CT molecular complexity index is 193. The van der Waals surface area contributed by atoms with Gasteiger partial charge in [-0.25, -0.2) is 0 Å². The number of hydrogen-bond acceptors (Lipinski definition) is 3. The van der Waals surface area contributed by atoms with Crippen LogP contribution in [0, 0.1) is 0 Å². The standard InChI is InChI=1S/C8H12O.C4H8O2/c9-8-6-4-2-1-3-5-7-8;1-2-6-4-3-5-1/h1-2,7,9H,3-6H2;1-4H2. The molecular formula is C12H20O3. The highest BCUT2D eigenvalue weighted by Gasteiger charge is 1.94. The van der Waals surface area contributed by atoms with Crippen LogP contribution in [-0.2, 0) is 9.47 Å². The van der Waals surface area contributed by atoms with E-state index in [1.807, 2.05) is 6.08 Å². The van der Waals surface area contributed by atoms with Crippen LogP contribution >= 0.6 is 0 Å². The third-order valence-electron chi connectivity index (χ3n) is 2.19. The van der Waals surface area contributed by atoms with Crippen LogP contribution in [0.5, 0.6) is 0 Å². The predicted octanol–water partition coefficient (Wildman–Crippen LogP) is 2.59. The molecule has 1 aliphatic carbocycles. The first-order valence-electron chi connectivity index (χ1n) is 5.58. The number of hydrogen-bond donors (Lipinski definition) is 1. The molecule has 3 heteroatoms. The quantitative estimate of drug-likeness (QED) is 0.627. The molecule has 0 unspecified atom stereocenters. The minimum absolute atomic E-state index is 0.555. The molecule has 1 aliphatic heterocycles. The molecule has 1 fully saturated rings. The lowest BCUT2D eigenvalue weighted by Gasteiger charge is -2.09. The number of aliphatic hydroxyl groups excluding tert-OH is 1. The summed E-state index contributed by atoms with van der Waals surface area (Å²) in [5, 5.41) is 9.04. The van der Waals surface area contributed by atoms with Crippen LogP contribution in [0.4, 0.5) is 0 Å². The molecule has 86 valence electrons. The molecule has 0 aromatic heterocycles. The first-order chi connectivity index (χ1) is 7.39. The third-order valence-corrected chi connectivity index (χ3v) is 2.19. The van der Waals surface area contributed by atoms with Gasteiger partial charge in [0.15, 0.2) is 0 Å². The van der Waals surface area contributed by atoms with E-state index in [4.69, 9.17) is 14.6 Å². The predicted molar refractivity (Wildman–Crippen MR) is 60.0 cm³/mol. The van der Waals surface area contributed by atoms with E-state index in [1.54, 1.807) is 0 Å². The van der Waals surface area contributed by atoms with Gasteiger partial charge in [-0.3, -0.25) is 0 Å². The summed E-state index contributed by atoms with van der Waals surface area (Å²) in [6.07, 6.45) is 10.1. The summed E-state index contributed by atoms with van der Waals surface area (Å²) in [6, 6.07) is 0. The summed E-state index contributed by atoms with van der Waals surface area (Å²) in [5.74, 6) is 0.555. The van der Waals surface area contributed by atoms with E-state index in [0.29, 0.717) is 5.76 Å². The second-order valence-corrected chi connectivity index (χ2v) is 3.51. The Morgan fingerprint density at radius 3 is 2.07 bits per heavy atom. The van der Waals surface area contributed by atoms with Gasteiger partial charge in [-0.05, 0) is 25.3 Å². The molecule has 2 rings (SSSR count). The Morgan fingerprint density at radius 1 is 0.867 bits per heavy atom. The highest BCUT2D eigenvalue weighted by molar-refractivity contribution is 4.98. The van der Waals surface area contributed by atoms with Crippen LogP contribution in [0.15, 0.2) is 24.0 Å². The molecule has 0 amide bonds. The summed E-state index contributed by atoms with van der Waals surface area (Å²) in [5.41, 5.74) is 0. The largest absolute Gasteiger partial charge is 0.513 e. The van der Waals surface area contributed by atoms with Crippen LogP contribution in [0.1, 0.15) is 25.7 Å². The topological polar surface area (TPSA) is 38.7 Å². The van der Waals surface area contributed by atoms with Gasteiger partial charge in [0, 0.05) is 6.42 Å². The van der Waals surface area contributed by atoms with Crippen molar-refractivity contribution in [2.24, 2.45) is 0 Å². The number of rotatable bonds is 0. The molecule has 2 aliphatic rings. The zero-order valence-corrected chi connectivity index (χ0v) is 9.15. The number of allylic oxidation sites excluding steroid dienone is 4. The van der Waals surface area contributed by atoms with Gasteiger partial charge in [-0.1, -0.05) is 12.2 Å². The Hall–Kier alpha value is -0.800. The Labute approximate surface area is 91.4 Å². The van der Waals surface area contributed by atoms with Crippen molar-refractivity contribution < 1.29 is 14.6 Å². The SMILES string of the molecule is C1COCCO1.OC1=CCCC=CCC1. The zero-order valence-electron chi connectivity index (χ0n) is 9.15. The van der Waals surface area contributed by atoms with Crippen LogP contribution in [-0.4, -0.2) is 31.5 Å². The normalized spacial score (nSPS) is 21.7. The van der Waals surface area contributed by atoms with Crippen LogP contribution in [0.3, 0.4) is 0 Å². The van der Waals surface area contributed by atoms with Crippen LogP contribution in [0.25, 0.3) is 0 Å². The lowest BCUT2D eigenvalue weighted by Crippen LogP contribution is -2.16. The molecule has 1 N–H and O–H groups in total. The van der Waals surface area contributed by atoms with Gasteiger partial charge in [-0.2, -0.15) is 0 Å². The molecular weight excluding hydrogens is 192 g/mol. The van der Waals surface area contributed by atoms with Crippen molar-refractivity contribution in [3.8, 4) is 0 Å². The molecule has 0 radical (unpaired) electrons. The molecule has 1 saturated heterocycles. The first-order valence-corrected chi connectivity index (χ1v) is 5.58. The maximum Gasteiger partial charge on any atom is 0.0886 e. The fourth-order valence-corrected chi connectivity index (χ4v) is 1.35. The minimum atomic E-state index is 0.555. The second-order valence-electron chi connectivity index (χ2n) is 3.51. The Morgan fingerprint density at radius 2 is 1.47 bits per heavy atom. The summed E-state index contributed by atoms with van der Waals surface area (Å²) in [6.45, 7) is 3.11. The molecule has 0 aromatic carbocycles. The zero-order chi connectivity index (χ0) is 10.8. The Balaban J connectivity index is 0.000000162. The minimum Gasteiger partial charge on any atom is -0.513 e. The van der Waals surface area contributed by atoms with E-state index in [2.05, 4.69) is 12.2 Å². The van der Waals surface area contributed by atoms with Crippen molar-refractivity contribution in [1.82, 2.24) is 0 Å². The maximum atomic E-state index is 9.04. The fourth-order valence-electron chi connectivity index (χ4n) is 1.35. The van der Waals surface area contributed by atoms with Gasteiger partial charge in [0.25, 0.3) is 0 Å². The van der Waals surface area contributed by atoms with E-state index in [9.17, 15) is 0 Å². The molecule has 0 saturated carbocycles. The first kappa shape index (κ1) is 12.3. The van der Waals surface area contributed by atoms with Gasteiger partial charge in [0.1, 0.15) is 0 Å². The van der Waals surface area contributed by atoms with E-state index >= 15 is 0 Å². The smallest absolute Gasteiger partial charge is 0.0886 e. The fraction of sp³-hybridized carbons (Fsp3) is 0.667. The van der Waals surface area contributed by atoms with Gasteiger partial charge < -0.3 is 14.6 Å². The van der Waals surface area contributed by atoms with E-state index in [1.165, 1.54) is 0 Å². The lowest BCUT2D eigenvalue weighted by atomic mass is 10.1. The van der Waals surface area contributed by atoms with E-state index in [-0.39, 0.29) is 0 Å². The van der Waals surface area contributed by atoms with Gasteiger partial charge in [-0.15, -0.1) is 0 Å². The molecule has 0 aromatic rings. The summed E-state index contributed by atoms with van der Waals surface area (Å²) in [7, 11) is 0. The summed E-state index contributed by atoms with van der Waals surface area (Å²) in [4.78, 5) is 0. The Kier molecular flexibility index (Phi) is 6.96. The maximum absolute atomic E-state index is 9.04. The average molecular weight is 212 g/mol. The second kappa shape index (κ2) is 8.50. The van der Waals surface area contributed by atoms with Gasteiger partial charge in [0.05, 0.1) is 32.2 Å². The highest BCUT2D eigenvalue weighted by Crippen LogP contribution is 2.08. The summed E-state index contributed by atoms with van der Waals surface area (Å²) >= 11 is 0. The lowest BCUT2D eigenvalue weighted by molar-refractivity contribution is -0.0334. The molecule has 3 nitrogen and oxygen atoms in total. The van der Waals surface area contributed by atoms with Crippen molar-refractivity contribution in [3.63, 3.8) is 0 Å². The van der Waals surface area contributed by atoms with Crippen LogP contribution < -0.4 is 0 Å². The number of ether oxygens (including phenoxy) is 2. The average Bonchev–Trinajstić information content (AvgIpc) is 2.27.